The Bertz CT molecular complexity index is 207. The standard InChI is InChI=1S/C10H21NO2S/c1-7(12)10(5,6)11-8(14)13-9(2,3)4/h7,12H,1-6H3,(H,11,14). The van der Waals surface area contributed by atoms with Crippen LogP contribution in [0.4, 0.5) is 0 Å². The second-order valence-corrected chi connectivity index (χ2v) is 5.40. The first-order chi connectivity index (χ1) is 6.04. The molecule has 0 aliphatic carbocycles. The lowest BCUT2D eigenvalue weighted by atomic mass is 9.99. The molecule has 1 atom stereocenters. The Kier molecular flexibility index (Phi) is 4.34. The number of hydrogen-bond acceptors (Lipinski definition) is 3. The molecular formula is C10H21NO2S. The first-order valence-corrected chi connectivity index (χ1v) is 5.14. The summed E-state index contributed by atoms with van der Waals surface area (Å²) in [5.74, 6) is 0. The summed E-state index contributed by atoms with van der Waals surface area (Å²) < 4.78 is 5.43. The van der Waals surface area contributed by atoms with E-state index >= 15 is 0 Å². The average Bonchev–Trinajstić information content (AvgIpc) is 1.79. The molecule has 14 heavy (non-hydrogen) atoms. The second-order valence-electron chi connectivity index (χ2n) is 5.02. The molecule has 0 fully saturated rings. The van der Waals surface area contributed by atoms with Crippen molar-refractivity contribution >= 4 is 17.4 Å². The van der Waals surface area contributed by atoms with Gasteiger partial charge in [-0.05, 0) is 53.8 Å². The van der Waals surface area contributed by atoms with Gasteiger partial charge in [-0.2, -0.15) is 0 Å². The molecule has 3 nitrogen and oxygen atoms in total. The number of aliphatic hydroxyl groups excluding tert-OH is 1. The third-order valence-electron chi connectivity index (χ3n) is 1.87. The summed E-state index contributed by atoms with van der Waals surface area (Å²) in [5, 5.41) is 12.7. The third-order valence-corrected chi connectivity index (χ3v) is 2.05. The molecular weight excluding hydrogens is 198 g/mol. The molecule has 0 aromatic heterocycles. The van der Waals surface area contributed by atoms with Crippen LogP contribution in [0.15, 0.2) is 0 Å². The van der Waals surface area contributed by atoms with Gasteiger partial charge in [-0.25, -0.2) is 0 Å². The van der Waals surface area contributed by atoms with Crippen LogP contribution in [0, 0.1) is 0 Å². The fourth-order valence-corrected chi connectivity index (χ4v) is 1.18. The summed E-state index contributed by atoms with van der Waals surface area (Å²) in [5.41, 5.74) is -0.777. The van der Waals surface area contributed by atoms with Gasteiger partial charge in [0.1, 0.15) is 5.60 Å². The van der Waals surface area contributed by atoms with E-state index in [4.69, 9.17) is 17.0 Å². The highest BCUT2D eigenvalue weighted by Gasteiger charge is 2.26. The van der Waals surface area contributed by atoms with Crippen molar-refractivity contribution in [1.82, 2.24) is 5.32 Å². The van der Waals surface area contributed by atoms with Gasteiger partial charge >= 0.3 is 0 Å². The van der Waals surface area contributed by atoms with Gasteiger partial charge < -0.3 is 15.2 Å². The molecule has 0 aliphatic rings. The van der Waals surface area contributed by atoms with E-state index in [2.05, 4.69) is 5.32 Å². The molecule has 0 aromatic rings. The fourth-order valence-electron chi connectivity index (χ4n) is 0.671. The normalized spacial score (nSPS) is 14.8. The van der Waals surface area contributed by atoms with Gasteiger partial charge in [0, 0.05) is 0 Å². The Labute approximate surface area is 91.8 Å². The van der Waals surface area contributed by atoms with E-state index < -0.39 is 11.6 Å². The molecule has 0 radical (unpaired) electrons. The van der Waals surface area contributed by atoms with Gasteiger partial charge in [0.15, 0.2) is 0 Å². The van der Waals surface area contributed by atoms with Crippen LogP contribution in [-0.2, 0) is 4.74 Å². The Morgan fingerprint density at radius 3 is 2.00 bits per heavy atom. The van der Waals surface area contributed by atoms with Crippen molar-refractivity contribution in [2.45, 2.75) is 58.8 Å². The summed E-state index contributed by atoms with van der Waals surface area (Å²) in [6, 6.07) is 0. The van der Waals surface area contributed by atoms with Crippen molar-refractivity contribution in [2.24, 2.45) is 0 Å². The van der Waals surface area contributed by atoms with E-state index in [0.717, 1.165) is 0 Å². The molecule has 0 aliphatic heterocycles. The van der Waals surface area contributed by atoms with E-state index in [1.165, 1.54) is 0 Å². The van der Waals surface area contributed by atoms with Gasteiger partial charge in [0.2, 0.25) is 0 Å². The van der Waals surface area contributed by atoms with Crippen molar-refractivity contribution in [3.8, 4) is 0 Å². The molecule has 4 heteroatoms. The van der Waals surface area contributed by atoms with Gasteiger partial charge in [0.25, 0.3) is 5.17 Å². The molecule has 0 heterocycles. The second kappa shape index (κ2) is 4.45. The predicted molar refractivity (Wildman–Crippen MR) is 62.3 cm³/mol. The zero-order valence-corrected chi connectivity index (χ0v) is 10.7. The Morgan fingerprint density at radius 2 is 1.71 bits per heavy atom. The highest BCUT2D eigenvalue weighted by atomic mass is 32.1. The lowest BCUT2D eigenvalue weighted by Crippen LogP contribution is -2.52. The largest absolute Gasteiger partial charge is 0.465 e. The van der Waals surface area contributed by atoms with Gasteiger partial charge in [-0.15, -0.1) is 0 Å². The van der Waals surface area contributed by atoms with Crippen LogP contribution in [0.1, 0.15) is 41.5 Å². The number of ether oxygens (including phenoxy) is 1. The minimum Gasteiger partial charge on any atom is -0.465 e. The van der Waals surface area contributed by atoms with Crippen molar-refractivity contribution in [3.05, 3.63) is 0 Å². The van der Waals surface area contributed by atoms with Crippen molar-refractivity contribution in [1.29, 1.82) is 0 Å². The van der Waals surface area contributed by atoms with E-state index in [0.29, 0.717) is 5.17 Å². The molecule has 2 N–H and O–H groups in total. The molecule has 84 valence electrons. The van der Waals surface area contributed by atoms with E-state index in [9.17, 15) is 5.11 Å². The van der Waals surface area contributed by atoms with Crippen LogP contribution in [0.3, 0.4) is 0 Å². The Hall–Kier alpha value is -0.350. The van der Waals surface area contributed by atoms with E-state index in [-0.39, 0.29) is 5.60 Å². The number of nitrogens with one attached hydrogen (secondary N) is 1. The summed E-state index contributed by atoms with van der Waals surface area (Å²) >= 11 is 5.03. The number of rotatable bonds is 2. The number of aliphatic hydroxyl groups is 1. The van der Waals surface area contributed by atoms with Gasteiger partial charge in [-0.1, -0.05) is 0 Å². The zero-order chi connectivity index (χ0) is 11.6. The number of hydrogen-bond donors (Lipinski definition) is 2. The van der Waals surface area contributed by atoms with Gasteiger partial charge in [0.05, 0.1) is 11.6 Å². The molecule has 0 amide bonds. The summed E-state index contributed by atoms with van der Waals surface area (Å²) in [4.78, 5) is 0. The molecule has 0 rings (SSSR count). The van der Waals surface area contributed by atoms with Crippen molar-refractivity contribution in [3.63, 3.8) is 0 Å². The predicted octanol–water partition coefficient (Wildman–Crippen LogP) is 1.84. The lowest BCUT2D eigenvalue weighted by molar-refractivity contribution is 0.0814. The summed E-state index contributed by atoms with van der Waals surface area (Å²) in [6.07, 6.45) is -0.496. The van der Waals surface area contributed by atoms with Crippen LogP contribution in [0.2, 0.25) is 0 Å². The van der Waals surface area contributed by atoms with Crippen LogP contribution in [0.5, 0.6) is 0 Å². The highest BCUT2D eigenvalue weighted by molar-refractivity contribution is 7.80. The van der Waals surface area contributed by atoms with Crippen LogP contribution in [-0.4, -0.2) is 27.5 Å². The minimum absolute atomic E-state index is 0.307. The number of thiocarbonyl (C=S) groups is 1. The molecule has 0 bridgehead atoms. The molecule has 1 unspecified atom stereocenters. The average molecular weight is 219 g/mol. The Morgan fingerprint density at radius 1 is 1.29 bits per heavy atom. The maximum Gasteiger partial charge on any atom is 0.257 e. The zero-order valence-electron chi connectivity index (χ0n) is 9.84. The molecule has 0 saturated heterocycles. The van der Waals surface area contributed by atoms with E-state index in [1.54, 1.807) is 6.92 Å². The van der Waals surface area contributed by atoms with Crippen molar-refractivity contribution < 1.29 is 9.84 Å². The quantitative estimate of drug-likeness (QED) is 0.695. The van der Waals surface area contributed by atoms with Gasteiger partial charge in [-0.3, -0.25) is 0 Å². The van der Waals surface area contributed by atoms with Crippen molar-refractivity contribution in [2.75, 3.05) is 0 Å². The first-order valence-electron chi connectivity index (χ1n) is 4.74. The smallest absolute Gasteiger partial charge is 0.257 e. The first kappa shape index (κ1) is 13.7. The fraction of sp³-hybridized carbons (Fsp3) is 0.900. The monoisotopic (exact) mass is 219 g/mol. The SMILES string of the molecule is CC(O)C(C)(C)NC(=S)OC(C)(C)C. The lowest BCUT2D eigenvalue weighted by Gasteiger charge is -2.32. The topological polar surface area (TPSA) is 41.5 Å². The molecule has 0 spiro atoms. The summed E-state index contributed by atoms with van der Waals surface area (Å²) in [6.45, 7) is 11.2. The highest BCUT2D eigenvalue weighted by Crippen LogP contribution is 2.12. The summed E-state index contributed by atoms with van der Waals surface area (Å²) in [7, 11) is 0. The molecule has 0 saturated carbocycles. The van der Waals surface area contributed by atoms with Crippen LogP contribution >= 0.6 is 12.2 Å². The maximum absolute atomic E-state index is 9.45. The Balaban J connectivity index is 4.20. The molecule has 0 aromatic carbocycles. The van der Waals surface area contributed by atoms with Crippen LogP contribution < -0.4 is 5.32 Å². The minimum atomic E-state index is -0.496. The van der Waals surface area contributed by atoms with E-state index in [1.807, 2.05) is 34.6 Å². The third kappa shape index (κ3) is 5.40. The maximum atomic E-state index is 9.45. The van der Waals surface area contributed by atoms with Crippen LogP contribution in [0.25, 0.3) is 0 Å².